The van der Waals surface area contributed by atoms with Gasteiger partial charge in [0.1, 0.15) is 0 Å². The number of halogens is 1. The van der Waals surface area contributed by atoms with Gasteiger partial charge >= 0.3 is 0 Å². The summed E-state index contributed by atoms with van der Waals surface area (Å²) >= 11 is 7.64. The lowest BCUT2D eigenvalue weighted by molar-refractivity contribution is 0.959. The molecular weight excluding hydrogens is 264 g/mol. The average molecular weight is 279 g/mol. The maximum atomic E-state index is 5.89. The summed E-state index contributed by atoms with van der Waals surface area (Å²) < 4.78 is 0. The fraction of sp³-hybridized carbons (Fsp3) is 0.357. The van der Waals surface area contributed by atoms with E-state index < -0.39 is 0 Å². The van der Waals surface area contributed by atoms with Gasteiger partial charge in [0.25, 0.3) is 0 Å². The molecule has 0 amide bonds. The molecule has 1 aromatic carbocycles. The smallest absolute Gasteiger partial charge is 0.0975 e. The van der Waals surface area contributed by atoms with E-state index >= 15 is 0 Å². The lowest BCUT2D eigenvalue weighted by Crippen LogP contribution is -1.96. The van der Waals surface area contributed by atoms with Crippen LogP contribution in [0.1, 0.15) is 39.9 Å². The highest BCUT2D eigenvalue weighted by Crippen LogP contribution is 2.42. The van der Waals surface area contributed by atoms with Crippen molar-refractivity contribution in [1.29, 1.82) is 0 Å². The monoisotopic (exact) mass is 278 g/mol. The molecule has 3 rings (SSSR count). The van der Waals surface area contributed by atoms with E-state index in [2.05, 4.69) is 12.1 Å². The molecule has 0 spiro atoms. The number of nitrogens with two attached hydrogens (primary N) is 1. The van der Waals surface area contributed by atoms with Crippen molar-refractivity contribution in [1.82, 2.24) is 4.98 Å². The molecule has 0 bridgehead atoms. The van der Waals surface area contributed by atoms with Crippen LogP contribution < -0.4 is 5.73 Å². The Hall–Kier alpha value is -0.900. The zero-order chi connectivity index (χ0) is 12.5. The summed E-state index contributed by atoms with van der Waals surface area (Å²) in [6, 6.07) is 7.97. The Kier molecular flexibility index (Phi) is 3.37. The van der Waals surface area contributed by atoms with E-state index in [1.165, 1.54) is 34.0 Å². The Morgan fingerprint density at radius 3 is 2.61 bits per heavy atom. The number of thiazole rings is 1. The van der Waals surface area contributed by atoms with E-state index in [0.717, 1.165) is 11.4 Å². The van der Waals surface area contributed by atoms with Crippen LogP contribution >= 0.6 is 22.9 Å². The highest BCUT2D eigenvalue weighted by molar-refractivity contribution is 7.11. The van der Waals surface area contributed by atoms with Crippen LogP contribution in [0.4, 0.5) is 0 Å². The molecule has 1 heterocycles. The molecule has 1 aromatic heterocycles. The summed E-state index contributed by atoms with van der Waals surface area (Å²) in [4.78, 5) is 6.03. The molecule has 2 aromatic rings. The van der Waals surface area contributed by atoms with Crippen LogP contribution in [0.5, 0.6) is 0 Å². The van der Waals surface area contributed by atoms with Gasteiger partial charge in [-0.2, -0.15) is 0 Å². The van der Waals surface area contributed by atoms with Gasteiger partial charge in [-0.1, -0.05) is 23.7 Å². The number of nitrogens with zero attached hydrogens (tertiary/aromatic N) is 1. The van der Waals surface area contributed by atoms with E-state index in [1.807, 2.05) is 12.1 Å². The minimum Gasteiger partial charge on any atom is -0.326 e. The summed E-state index contributed by atoms with van der Waals surface area (Å²) in [7, 11) is 0. The van der Waals surface area contributed by atoms with Gasteiger partial charge in [-0.15, -0.1) is 11.3 Å². The molecule has 4 heteroatoms. The van der Waals surface area contributed by atoms with Crippen LogP contribution in [0.15, 0.2) is 24.3 Å². The molecule has 0 radical (unpaired) electrons. The Morgan fingerprint density at radius 1 is 1.28 bits per heavy atom. The van der Waals surface area contributed by atoms with Gasteiger partial charge in [-0.3, -0.25) is 0 Å². The SMILES string of the molecule is NCc1sc(Cc2ccc(Cl)cc2)nc1C1CC1. The van der Waals surface area contributed by atoms with Gasteiger partial charge in [0.2, 0.25) is 0 Å². The molecule has 0 aliphatic heterocycles. The number of benzene rings is 1. The molecule has 1 saturated carbocycles. The van der Waals surface area contributed by atoms with Gasteiger partial charge in [0, 0.05) is 28.8 Å². The Balaban J connectivity index is 1.81. The predicted molar refractivity (Wildman–Crippen MR) is 76.2 cm³/mol. The molecule has 0 unspecified atom stereocenters. The lowest BCUT2D eigenvalue weighted by atomic mass is 10.1. The average Bonchev–Trinajstić information content (AvgIpc) is 3.14. The van der Waals surface area contributed by atoms with Crippen molar-refractivity contribution in [2.45, 2.75) is 31.7 Å². The molecule has 18 heavy (non-hydrogen) atoms. The van der Waals surface area contributed by atoms with Crippen molar-refractivity contribution in [3.63, 3.8) is 0 Å². The zero-order valence-electron chi connectivity index (χ0n) is 10.0. The Labute approximate surface area is 116 Å². The Morgan fingerprint density at radius 2 is 2.00 bits per heavy atom. The fourth-order valence-corrected chi connectivity index (χ4v) is 3.28. The van der Waals surface area contributed by atoms with Crippen LogP contribution in [-0.2, 0) is 13.0 Å². The third-order valence-corrected chi connectivity index (χ3v) is 4.54. The summed E-state index contributed by atoms with van der Waals surface area (Å²) in [6.07, 6.45) is 3.43. The highest BCUT2D eigenvalue weighted by atomic mass is 35.5. The number of aromatic nitrogens is 1. The van der Waals surface area contributed by atoms with E-state index in [1.54, 1.807) is 11.3 Å². The zero-order valence-corrected chi connectivity index (χ0v) is 11.6. The quantitative estimate of drug-likeness (QED) is 0.926. The first kappa shape index (κ1) is 12.2. The second kappa shape index (κ2) is 5.00. The van der Waals surface area contributed by atoms with Crippen molar-refractivity contribution in [2.24, 2.45) is 5.73 Å². The van der Waals surface area contributed by atoms with Crippen LogP contribution in [0.2, 0.25) is 5.02 Å². The van der Waals surface area contributed by atoms with Crippen LogP contribution in [0, 0.1) is 0 Å². The second-order valence-electron chi connectivity index (χ2n) is 4.70. The molecule has 2 nitrogen and oxygen atoms in total. The van der Waals surface area contributed by atoms with Gasteiger partial charge in [0.05, 0.1) is 10.7 Å². The van der Waals surface area contributed by atoms with Gasteiger partial charge in [0.15, 0.2) is 0 Å². The Bertz CT molecular complexity index is 543. The first-order valence-electron chi connectivity index (χ1n) is 6.19. The maximum absolute atomic E-state index is 5.89. The number of rotatable bonds is 4. The van der Waals surface area contributed by atoms with Crippen LogP contribution in [0.3, 0.4) is 0 Å². The van der Waals surface area contributed by atoms with Crippen molar-refractivity contribution in [3.05, 3.63) is 50.4 Å². The second-order valence-corrected chi connectivity index (χ2v) is 6.30. The summed E-state index contributed by atoms with van der Waals surface area (Å²) in [5.41, 5.74) is 8.30. The molecule has 94 valence electrons. The van der Waals surface area contributed by atoms with E-state index in [0.29, 0.717) is 12.5 Å². The van der Waals surface area contributed by atoms with E-state index in [4.69, 9.17) is 22.3 Å². The largest absolute Gasteiger partial charge is 0.326 e. The molecule has 1 aliphatic carbocycles. The maximum Gasteiger partial charge on any atom is 0.0975 e. The fourth-order valence-electron chi connectivity index (χ4n) is 2.09. The standard InChI is InChI=1S/C14H15ClN2S/c15-11-5-1-9(2-6-11)7-13-17-14(10-3-4-10)12(8-16)18-13/h1-2,5-6,10H,3-4,7-8,16H2. The molecular formula is C14H15ClN2S. The van der Waals surface area contributed by atoms with Gasteiger partial charge < -0.3 is 5.73 Å². The third kappa shape index (κ3) is 2.58. The molecule has 0 atom stereocenters. The van der Waals surface area contributed by atoms with Gasteiger partial charge in [-0.25, -0.2) is 4.98 Å². The topological polar surface area (TPSA) is 38.9 Å². The third-order valence-electron chi connectivity index (χ3n) is 3.19. The van der Waals surface area contributed by atoms with E-state index in [9.17, 15) is 0 Å². The highest BCUT2D eigenvalue weighted by Gasteiger charge is 2.29. The van der Waals surface area contributed by atoms with Gasteiger partial charge in [-0.05, 0) is 30.5 Å². The molecule has 1 fully saturated rings. The minimum atomic E-state index is 0.615. The normalized spacial score (nSPS) is 15.0. The number of hydrogen-bond acceptors (Lipinski definition) is 3. The minimum absolute atomic E-state index is 0.615. The lowest BCUT2D eigenvalue weighted by Gasteiger charge is -1.97. The predicted octanol–water partition coefficient (Wildman–Crippen LogP) is 3.72. The van der Waals surface area contributed by atoms with Crippen molar-refractivity contribution < 1.29 is 0 Å². The summed E-state index contributed by atoms with van der Waals surface area (Å²) in [5, 5.41) is 1.94. The van der Waals surface area contributed by atoms with Crippen LogP contribution in [0.25, 0.3) is 0 Å². The number of hydrogen-bond donors (Lipinski definition) is 1. The summed E-state index contributed by atoms with van der Waals surface area (Å²) in [6.45, 7) is 0.615. The molecule has 0 saturated heterocycles. The van der Waals surface area contributed by atoms with Crippen molar-refractivity contribution in [2.75, 3.05) is 0 Å². The van der Waals surface area contributed by atoms with Crippen molar-refractivity contribution >= 4 is 22.9 Å². The first-order chi connectivity index (χ1) is 8.76. The summed E-state index contributed by atoms with van der Waals surface area (Å²) in [5.74, 6) is 0.679. The molecule has 1 aliphatic rings. The van der Waals surface area contributed by atoms with Crippen molar-refractivity contribution in [3.8, 4) is 0 Å². The van der Waals surface area contributed by atoms with Crippen LogP contribution in [-0.4, -0.2) is 4.98 Å². The molecule has 2 N–H and O–H groups in total. The van der Waals surface area contributed by atoms with E-state index in [-0.39, 0.29) is 0 Å². The first-order valence-corrected chi connectivity index (χ1v) is 7.38.